The van der Waals surface area contributed by atoms with E-state index in [1.807, 2.05) is 24.3 Å². The van der Waals surface area contributed by atoms with Gasteiger partial charge < -0.3 is 9.80 Å². The summed E-state index contributed by atoms with van der Waals surface area (Å²) in [6.45, 7) is 0. The van der Waals surface area contributed by atoms with Gasteiger partial charge in [0.25, 0.3) is 0 Å². The Morgan fingerprint density at radius 1 is 0.206 bits per heavy atom. The molecular weight excluding hydrogens is 825 g/mol. The minimum absolute atomic E-state index is 0.853. The third kappa shape index (κ3) is 7.91. The largest absolute Gasteiger partial charge is 0.310 e. The van der Waals surface area contributed by atoms with E-state index in [1.54, 1.807) is 0 Å². The van der Waals surface area contributed by atoms with Gasteiger partial charge >= 0.3 is 0 Å². The van der Waals surface area contributed by atoms with Crippen molar-refractivity contribution in [3.63, 3.8) is 0 Å². The summed E-state index contributed by atoms with van der Waals surface area (Å²) < 4.78 is 0. The molecule has 0 spiro atoms. The number of hydrogen-bond acceptors (Lipinski definition) is 4. The van der Waals surface area contributed by atoms with Gasteiger partial charge in [-0.05, 0) is 129 Å². The van der Waals surface area contributed by atoms with Crippen molar-refractivity contribution < 1.29 is 0 Å². The van der Waals surface area contributed by atoms with Crippen LogP contribution in [0, 0.1) is 0 Å². The van der Waals surface area contributed by atoms with Crippen molar-refractivity contribution in [2.75, 3.05) is 9.80 Å². The van der Waals surface area contributed by atoms with Crippen molar-refractivity contribution in [1.82, 2.24) is 9.97 Å². The van der Waals surface area contributed by atoms with Gasteiger partial charge in [0, 0.05) is 45.3 Å². The molecule has 4 nitrogen and oxygen atoms in total. The molecule has 68 heavy (non-hydrogen) atoms. The molecule has 0 aliphatic heterocycles. The van der Waals surface area contributed by atoms with Gasteiger partial charge in [-0.2, -0.15) is 0 Å². The van der Waals surface area contributed by atoms with E-state index in [1.165, 1.54) is 21.5 Å². The lowest BCUT2D eigenvalue weighted by molar-refractivity contribution is 1.29. The third-order valence-electron chi connectivity index (χ3n) is 12.8. The zero-order chi connectivity index (χ0) is 45.2. The Labute approximate surface area is 396 Å². The first kappa shape index (κ1) is 40.4. The average molecular weight is 869 g/mol. The van der Waals surface area contributed by atoms with Crippen molar-refractivity contribution in [3.05, 3.63) is 267 Å². The molecule has 12 aromatic rings. The van der Waals surface area contributed by atoms with Crippen LogP contribution in [0.25, 0.3) is 77.3 Å². The summed E-state index contributed by atoms with van der Waals surface area (Å²) in [6.07, 6.45) is 0. The van der Waals surface area contributed by atoms with Crippen LogP contribution in [0.1, 0.15) is 0 Å². The van der Waals surface area contributed by atoms with Crippen molar-refractivity contribution >= 4 is 66.7 Å². The van der Waals surface area contributed by atoms with Crippen LogP contribution in [-0.4, -0.2) is 9.97 Å². The van der Waals surface area contributed by atoms with Gasteiger partial charge in [0.15, 0.2) is 0 Å². The van der Waals surface area contributed by atoms with E-state index in [-0.39, 0.29) is 0 Å². The van der Waals surface area contributed by atoms with E-state index in [4.69, 9.17) is 9.97 Å². The smallest absolute Gasteiger partial charge is 0.0973 e. The van der Waals surface area contributed by atoms with Gasteiger partial charge in [0.1, 0.15) is 0 Å². The second-order valence-corrected chi connectivity index (χ2v) is 17.1. The maximum absolute atomic E-state index is 5.23. The van der Waals surface area contributed by atoms with Gasteiger partial charge in [0.2, 0.25) is 0 Å². The Kier molecular flexibility index (Phi) is 10.5. The van der Waals surface area contributed by atoms with Crippen LogP contribution in [0.15, 0.2) is 267 Å². The monoisotopic (exact) mass is 868 g/mol. The zero-order valence-electron chi connectivity index (χ0n) is 37.2. The van der Waals surface area contributed by atoms with Gasteiger partial charge in [-0.3, -0.25) is 0 Å². The second-order valence-electron chi connectivity index (χ2n) is 17.1. The van der Waals surface area contributed by atoms with Crippen molar-refractivity contribution in [2.24, 2.45) is 0 Å². The lowest BCUT2D eigenvalue weighted by Gasteiger charge is -2.26. The third-order valence-corrected chi connectivity index (χ3v) is 12.8. The van der Waals surface area contributed by atoms with Gasteiger partial charge in [-0.15, -0.1) is 0 Å². The van der Waals surface area contributed by atoms with E-state index in [9.17, 15) is 0 Å². The molecule has 0 aliphatic rings. The van der Waals surface area contributed by atoms with Gasteiger partial charge in [-0.25, -0.2) is 9.97 Å². The van der Waals surface area contributed by atoms with E-state index >= 15 is 0 Å². The topological polar surface area (TPSA) is 32.3 Å². The van der Waals surface area contributed by atoms with Crippen LogP contribution in [0.3, 0.4) is 0 Å². The molecule has 320 valence electrons. The summed E-state index contributed by atoms with van der Waals surface area (Å²) >= 11 is 0. The fourth-order valence-electron chi connectivity index (χ4n) is 9.33. The number of para-hydroxylation sites is 4. The second kappa shape index (κ2) is 17.7. The summed E-state index contributed by atoms with van der Waals surface area (Å²) in [6, 6.07) is 94.7. The molecule has 0 radical (unpaired) electrons. The zero-order valence-corrected chi connectivity index (χ0v) is 37.2. The number of benzene rings is 11. The highest BCUT2D eigenvalue weighted by atomic mass is 15.1. The molecule has 0 unspecified atom stereocenters. The quantitative estimate of drug-likeness (QED) is 0.137. The molecule has 0 amide bonds. The normalized spacial score (nSPS) is 11.2. The van der Waals surface area contributed by atoms with Gasteiger partial charge in [0.05, 0.1) is 22.4 Å². The summed E-state index contributed by atoms with van der Waals surface area (Å²) in [4.78, 5) is 15.1. The number of rotatable bonds is 10. The van der Waals surface area contributed by atoms with Crippen LogP contribution < -0.4 is 9.80 Å². The minimum atomic E-state index is 0.853. The number of aromatic nitrogens is 2. The first-order chi connectivity index (χ1) is 33.7. The standard InChI is InChI=1S/C64H44N4/c1-3-17-55(18-4-1)67(59-41-35-45-13-7-9-15-53(45)43-59)57-37-31-49(32-38-57)47-23-27-51(28-24-47)63-64(66-62-22-12-11-21-61(62)65-63)52-29-25-48(26-30-52)50-33-39-58(40-34-50)68(56-19-5-2-6-20-56)60-42-36-46-14-8-10-16-54(46)44-60/h1-44H. The van der Waals surface area contributed by atoms with E-state index in [0.717, 1.165) is 89.9 Å². The van der Waals surface area contributed by atoms with E-state index in [0.29, 0.717) is 0 Å². The number of nitrogens with zero attached hydrogens (tertiary/aromatic N) is 4. The number of fused-ring (bicyclic) bond motifs is 3. The Morgan fingerprint density at radius 3 is 0.868 bits per heavy atom. The maximum atomic E-state index is 5.23. The van der Waals surface area contributed by atoms with Crippen molar-refractivity contribution in [2.45, 2.75) is 0 Å². The SMILES string of the molecule is c1ccc(N(c2ccc(-c3ccc(-c4nc5ccccc5nc4-c4ccc(-c5ccc(N(c6ccccc6)c6ccc7ccccc7c6)cc5)cc4)cc3)cc2)c2ccc3ccccc3c2)cc1. The molecule has 0 aliphatic carbocycles. The Bertz CT molecular complexity index is 3450. The van der Waals surface area contributed by atoms with Crippen LogP contribution in [0.2, 0.25) is 0 Å². The molecule has 11 aromatic carbocycles. The maximum Gasteiger partial charge on any atom is 0.0973 e. The number of hydrogen-bond donors (Lipinski definition) is 0. The summed E-state index contributed by atoms with van der Waals surface area (Å²) in [7, 11) is 0. The Balaban J connectivity index is 0.829. The first-order valence-electron chi connectivity index (χ1n) is 23.1. The fourth-order valence-corrected chi connectivity index (χ4v) is 9.33. The van der Waals surface area contributed by atoms with Gasteiger partial charge in [-0.1, -0.05) is 182 Å². The lowest BCUT2D eigenvalue weighted by Crippen LogP contribution is -2.09. The predicted molar refractivity (Wildman–Crippen MR) is 286 cm³/mol. The Morgan fingerprint density at radius 2 is 0.485 bits per heavy atom. The summed E-state index contributed by atoms with van der Waals surface area (Å²) in [5.41, 5.74) is 16.7. The minimum Gasteiger partial charge on any atom is -0.310 e. The lowest BCUT2D eigenvalue weighted by atomic mass is 9.98. The van der Waals surface area contributed by atoms with Crippen LogP contribution in [0.4, 0.5) is 34.1 Å². The molecule has 0 saturated carbocycles. The fraction of sp³-hybridized carbons (Fsp3) is 0. The highest BCUT2D eigenvalue weighted by Gasteiger charge is 2.17. The van der Waals surface area contributed by atoms with Crippen LogP contribution in [0.5, 0.6) is 0 Å². The predicted octanol–water partition coefficient (Wildman–Crippen LogP) is 17.5. The molecule has 4 heteroatoms. The van der Waals surface area contributed by atoms with Crippen molar-refractivity contribution in [1.29, 1.82) is 0 Å². The van der Waals surface area contributed by atoms with Crippen LogP contribution in [-0.2, 0) is 0 Å². The van der Waals surface area contributed by atoms with E-state index in [2.05, 4.69) is 252 Å². The molecule has 1 aromatic heterocycles. The molecule has 12 rings (SSSR count). The highest BCUT2D eigenvalue weighted by molar-refractivity contribution is 5.92. The summed E-state index contributed by atoms with van der Waals surface area (Å²) in [5.74, 6) is 0. The Hall–Kier alpha value is -9.12. The van der Waals surface area contributed by atoms with Crippen LogP contribution >= 0.6 is 0 Å². The molecular formula is C64H44N4. The number of anilines is 6. The summed E-state index contributed by atoms with van der Waals surface area (Å²) in [5, 5.41) is 4.88. The van der Waals surface area contributed by atoms with E-state index < -0.39 is 0 Å². The molecule has 0 bridgehead atoms. The molecule has 0 atom stereocenters. The molecule has 0 fully saturated rings. The molecule has 1 heterocycles. The van der Waals surface area contributed by atoms with Crippen molar-refractivity contribution in [3.8, 4) is 44.8 Å². The molecule has 0 N–H and O–H groups in total. The average Bonchev–Trinajstić information content (AvgIpc) is 3.42. The highest BCUT2D eigenvalue weighted by Crippen LogP contribution is 2.40. The molecule has 0 saturated heterocycles. The first-order valence-corrected chi connectivity index (χ1v) is 23.1.